The summed E-state index contributed by atoms with van der Waals surface area (Å²) in [6.45, 7) is -0.239. The fraction of sp³-hybridized carbons (Fsp3) is 0.429. The molecule has 3 fully saturated rings. The maximum absolute atomic E-state index is 17.3. The Kier molecular flexibility index (Phi) is 8.67. The molecule has 4 aromatic rings. The Morgan fingerprint density at radius 1 is 1.25 bits per heavy atom. The zero-order valence-corrected chi connectivity index (χ0v) is 28.7. The molecule has 52 heavy (non-hydrogen) atoms. The highest BCUT2D eigenvalue weighted by molar-refractivity contribution is 7.23. The third kappa shape index (κ3) is 5.87. The third-order valence-electron chi connectivity index (χ3n) is 9.97. The van der Waals surface area contributed by atoms with Crippen molar-refractivity contribution in [3.05, 3.63) is 34.4 Å². The number of halogens is 6. The molecule has 5 heterocycles. The molecule has 2 N–H and O–H groups in total. The first-order chi connectivity index (χ1) is 25.0. The summed E-state index contributed by atoms with van der Waals surface area (Å²) >= 11 is 7.60. The summed E-state index contributed by atoms with van der Waals surface area (Å²) in [5.41, 5.74) is -1.77. The number of nitrogens with one attached hydrogen (secondary N) is 1. The molecule has 17 heteroatoms. The molecule has 8 rings (SSSR count). The molecular formula is C35H28ClF5N6O4S. The van der Waals surface area contributed by atoms with Crippen LogP contribution >= 0.6 is 22.9 Å². The van der Waals surface area contributed by atoms with Crippen LogP contribution in [0.5, 0.6) is 11.8 Å². The minimum absolute atomic E-state index is 0.0398. The van der Waals surface area contributed by atoms with Crippen LogP contribution in [0.3, 0.4) is 0 Å². The van der Waals surface area contributed by atoms with Gasteiger partial charge in [0.25, 0.3) is 6.43 Å². The monoisotopic (exact) mass is 758 g/mol. The Morgan fingerprint density at radius 2 is 2.06 bits per heavy atom. The summed E-state index contributed by atoms with van der Waals surface area (Å²) in [6.07, 6.45) is -2.00. The lowest BCUT2D eigenvalue weighted by atomic mass is 9.95. The number of hydrogen-bond donors (Lipinski definition) is 2. The highest BCUT2D eigenvalue weighted by Crippen LogP contribution is 2.51. The number of alkyl halides is 3. The standard InChI is InChI=1S/C35H28ClF5N6O4S/c36-26-24(19-6-7-21(38)30-23(19)20(11-42)32(52-30)45-34(48)49)27(41)28-25-29(26)50-14-18(5-4-16-2-3-16)47(13-22(39)40)31(25)44-33(43-28)51-15-35-8-1-9-46(35)12-17(37)10-35/h6-7,16-18,22,45H,1-3,8-10,12-15H2,(H,48,49)/t17-,18?,35+/m1/s1. The summed E-state index contributed by atoms with van der Waals surface area (Å²) in [6, 6.07) is 2.78. The van der Waals surface area contributed by atoms with Crippen molar-refractivity contribution in [2.24, 2.45) is 5.92 Å². The molecule has 4 aliphatic rings. The summed E-state index contributed by atoms with van der Waals surface area (Å²) in [7, 11) is 0. The maximum Gasteiger partial charge on any atom is 0.409 e. The molecule has 0 radical (unpaired) electrons. The second-order valence-corrected chi connectivity index (χ2v) is 14.7. The summed E-state index contributed by atoms with van der Waals surface area (Å²) < 4.78 is 87.7. The topological polar surface area (TPSA) is 124 Å². The first kappa shape index (κ1) is 34.4. The van der Waals surface area contributed by atoms with Crippen molar-refractivity contribution >= 4 is 60.8 Å². The van der Waals surface area contributed by atoms with Crippen molar-refractivity contribution in [1.29, 1.82) is 5.26 Å². The number of ether oxygens (including phenoxy) is 2. The average Bonchev–Trinajstić information content (AvgIpc) is 3.67. The van der Waals surface area contributed by atoms with E-state index < -0.39 is 54.0 Å². The van der Waals surface area contributed by atoms with Gasteiger partial charge in [-0.15, -0.1) is 11.3 Å². The van der Waals surface area contributed by atoms with E-state index in [0.717, 1.165) is 25.3 Å². The van der Waals surface area contributed by atoms with Gasteiger partial charge in [-0.05, 0) is 43.9 Å². The van der Waals surface area contributed by atoms with Gasteiger partial charge in [0.2, 0.25) is 0 Å². The molecular weight excluding hydrogens is 731 g/mol. The molecule has 3 aliphatic heterocycles. The number of fused-ring (bicyclic) bond motifs is 2. The molecule has 1 aliphatic carbocycles. The average molecular weight is 759 g/mol. The van der Waals surface area contributed by atoms with E-state index in [9.17, 15) is 28.3 Å². The van der Waals surface area contributed by atoms with Crippen LogP contribution in [0.25, 0.3) is 32.1 Å². The number of benzene rings is 2. The van der Waals surface area contributed by atoms with Gasteiger partial charge < -0.3 is 19.5 Å². The zero-order chi connectivity index (χ0) is 36.5. The van der Waals surface area contributed by atoms with Crippen LogP contribution < -0.4 is 19.7 Å². The summed E-state index contributed by atoms with van der Waals surface area (Å²) in [5.74, 6) is 4.03. The largest absolute Gasteiger partial charge is 0.488 e. The number of amides is 1. The van der Waals surface area contributed by atoms with E-state index in [1.807, 2.05) is 11.0 Å². The van der Waals surface area contributed by atoms with E-state index in [-0.39, 0.29) is 91.9 Å². The number of nitrogens with zero attached hydrogens (tertiary/aromatic N) is 5. The zero-order valence-electron chi connectivity index (χ0n) is 27.1. The third-order valence-corrected chi connectivity index (χ3v) is 11.4. The van der Waals surface area contributed by atoms with Crippen molar-refractivity contribution < 1.29 is 41.3 Å². The van der Waals surface area contributed by atoms with Crippen LogP contribution in [0.1, 0.15) is 37.7 Å². The van der Waals surface area contributed by atoms with Gasteiger partial charge in [0, 0.05) is 29.8 Å². The van der Waals surface area contributed by atoms with E-state index in [1.165, 1.54) is 11.0 Å². The second kappa shape index (κ2) is 13.1. The highest BCUT2D eigenvalue weighted by Gasteiger charge is 2.49. The molecule has 2 aromatic heterocycles. The minimum atomic E-state index is -2.87. The molecule has 1 saturated carbocycles. The van der Waals surface area contributed by atoms with Crippen LogP contribution in [0.15, 0.2) is 12.1 Å². The van der Waals surface area contributed by atoms with Gasteiger partial charge in [-0.1, -0.05) is 29.5 Å². The fourth-order valence-electron chi connectivity index (χ4n) is 7.52. The molecule has 2 saturated heterocycles. The maximum atomic E-state index is 17.3. The van der Waals surface area contributed by atoms with Crippen LogP contribution in [0.4, 0.5) is 37.6 Å². The van der Waals surface area contributed by atoms with Gasteiger partial charge in [0.1, 0.15) is 53.6 Å². The number of anilines is 2. The highest BCUT2D eigenvalue weighted by atomic mass is 35.5. The SMILES string of the molecule is N#Cc1c(NC(=O)O)sc2c(F)ccc(-c3c(Cl)c4c5c(nc(OC[C@@]67CCCN6C[C@H](F)C7)nc5c3F)N(CC(F)F)C(C#CC3CC3)CO4)c12. The van der Waals surface area contributed by atoms with Gasteiger partial charge >= 0.3 is 12.1 Å². The van der Waals surface area contributed by atoms with E-state index in [0.29, 0.717) is 24.3 Å². The van der Waals surface area contributed by atoms with Crippen molar-refractivity contribution in [2.45, 2.75) is 56.3 Å². The van der Waals surface area contributed by atoms with Crippen molar-refractivity contribution in [1.82, 2.24) is 14.9 Å². The predicted octanol–water partition coefficient (Wildman–Crippen LogP) is 7.61. The van der Waals surface area contributed by atoms with Crippen molar-refractivity contribution in [3.63, 3.8) is 0 Å². The Labute approximate surface area is 302 Å². The van der Waals surface area contributed by atoms with E-state index in [1.54, 1.807) is 0 Å². The van der Waals surface area contributed by atoms with Crippen LogP contribution in [-0.2, 0) is 0 Å². The molecule has 3 atom stereocenters. The molecule has 10 nitrogen and oxygen atoms in total. The van der Waals surface area contributed by atoms with Crippen LogP contribution in [0, 0.1) is 40.7 Å². The van der Waals surface area contributed by atoms with Crippen molar-refractivity contribution in [2.75, 3.05) is 43.1 Å². The number of carbonyl (C=O) groups is 1. The summed E-state index contributed by atoms with van der Waals surface area (Å²) in [5, 5.41) is 20.7. The molecule has 1 amide bonds. The Morgan fingerprint density at radius 3 is 2.79 bits per heavy atom. The normalized spacial score (nSPS) is 22.5. The van der Waals surface area contributed by atoms with Gasteiger partial charge in [-0.25, -0.2) is 26.7 Å². The Bertz CT molecular complexity index is 2250. The minimum Gasteiger partial charge on any atom is -0.488 e. The van der Waals surface area contributed by atoms with Gasteiger partial charge in [-0.2, -0.15) is 15.2 Å². The molecule has 270 valence electrons. The molecule has 0 spiro atoms. The first-order valence-electron chi connectivity index (χ1n) is 16.6. The summed E-state index contributed by atoms with van der Waals surface area (Å²) in [4.78, 5) is 23.7. The van der Waals surface area contributed by atoms with Crippen LogP contribution in [0.2, 0.25) is 5.02 Å². The lowest BCUT2D eigenvalue weighted by Gasteiger charge is -2.31. The second-order valence-electron chi connectivity index (χ2n) is 13.3. The number of thiophene rings is 1. The lowest BCUT2D eigenvalue weighted by molar-refractivity contribution is 0.107. The lowest BCUT2D eigenvalue weighted by Crippen LogP contribution is -2.43. The number of nitriles is 1. The molecule has 0 bridgehead atoms. The number of hydrogen-bond acceptors (Lipinski definition) is 9. The quantitative estimate of drug-likeness (QED) is 0.145. The molecule has 2 aromatic carbocycles. The van der Waals surface area contributed by atoms with E-state index in [4.69, 9.17) is 21.1 Å². The van der Waals surface area contributed by atoms with Crippen LogP contribution in [-0.4, -0.2) is 83.1 Å². The van der Waals surface area contributed by atoms with Gasteiger partial charge in [0.15, 0.2) is 11.6 Å². The Balaban J connectivity index is 1.35. The number of aromatic nitrogens is 2. The Hall–Kier alpha value is -4.64. The van der Waals surface area contributed by atoms with Crippen molar-refractivity contribution in [3.8, 4) is 40.8 Å². The van der Waals surface area contributed by atoms with E-state index >= 15 is 8.78 Å². The predicted molar refractivity (Wildman–Crippen MR) is 183 cm³/mol. The van der Waals surface area contributed by atoms with Gasteiger partial charge in [0.05, 0.1) is 32.8 Å². The number of carboxylic acid groups (broad SMARTS) is 1. The number of rotatable bonds is 7. The smallest absolute Gasteiger partial charge is 0.409 e. The van der Waals surface area contributed by atoms with E-state index in [2.05, 4.69) is 27.1 Å². The molecule has 1 unspecified atom stereocenters. The van der Waals surface area contributed by atoms with Gasteiger partial charge in [-0.3, -0.25) is 10.2 Å². The first-order valence-corrected chi connectivity index (χ1v) is 17.8. The fourth-order valence-corrected chi connectivity index (χ4v) is 8.93.